The Morgan fingerprint density at radius 1 is 1.35 bits per heavy atom. The summed E-state index contributed by atoms with van der Waals surface area (Å²) in [5.41, 5.74) is -1.19. The molecule has 0 aliphatic carbocycles. The number of carbonyl (C=O) groups excluding carboxylic acids is 1. The highest BCUT2D eigenvalue weighted by Crippen LogP contribution is 2.33. The Morgan fingerprint density at radius 3 is 2.59 bits per heavy atom. The maximum absolute atomic E-state index is 13.0. The number of amides is 1. The molecule has 0 saturated carbocycles. The molecule has 7 heteroatoms. The Bertz CT molecular complexity index is 458. The summed E-state index contributed by atoms with van der Waals surface area (Å²) in [7, 11) is 0. The molecule has 1 N–H and O–H groups in total. The third-order valence-corrected chi connectivity index (χ3v) is 2.37. The number of hydrogen-bond acceptors (Lipinski definition) is 2. The van der Waals surface area contributed by atoms with E-state index in [2.05, 4.69) is 10.1 Å². The van der Waals surface area contributed by atoms with Gasteiger partial charge in [0.1, 0.15) is 12.4 Å². The average molecular weight is 249 g/mol. The van der Waals surface area contributed by atoms with Crippen molar-refractivity contribution in [3.8, 4) is 0 Å². The molecule has 1 aromatic rings. The van der Waals surface area contributed by atoms with Crippen molar-refractivity contribution >= 4 is 6.09 Å². The fraction of sp³-hybridized carbons (Fsp3) is 0.300. The van der Waals surface area contributed by atoms with Crippen LogP contribution in [0.3, 0.4) is 0 Å². The summed E-state index contributed by atoms with van der Waals surface area (Å²) in [6, 6.07) is 1.91. The Kier molecular flexibility index (Phi) is 2.68. The molecule has 1 heterocycles. The van der Waals surface area contributed by atoms with E-state index in [1.807, 2.05) is 0 Å². The largest absolute Gasteiger partial charge is 0.447 e. The summed E-state index contributed by atoms with van der Waals surface area (Å²) >= 11 is 0. The molecular formula is C10H7F4NO2. The van der Waals surface area contributed by atoms with Crippen molar-refractivity contribution in [1.29, 1.82) is 0 Å². The molecule has 0 unspecified atom stereocenters. The van der Waals surface area contributed by atoms with Crippen LogP contribution in [-0.4, -0.2) is 12.7 Å². The lowest BCUT2D eigenvalue weighted by atomic mass is 10.0. The van der Waals surface area contributed by atoms with Crippen LogP contribution in [0.4, 0.5) is 22.4 Å². The van der Waals surface area contributed by atoms with Crippen molar-refractivity contribution in [2.45, 2.75) is 12.2 Å². The predicted molar refractivity (Wildman–Crippen MR) is 48.6 cm³/mol. The van der Waals surface area contributed by atoms with E-state index in [9.17, 15) is 22.4 Å². The molecular weight excluding hydrogens is 242 g/mol. The molecule has 0 spiro atoms. The number of ether oxygens (including phenoxy) is 1. The molecule has 17 heavy (non-hydrogen) atoms. The molecule has 1 aliphatic heterocycles. The quantitative estimate of drug-likeness (QED) is 0.777. The van der Waals surface area contributed by atoms with Crippen molar-refractivity contribution in [1.82, 2.24) is 5.32 Å². The number of alkyl carbamates (subject to hydrolysis) is 1. The lowest BCUT2D eigenvalue weighted by Gasteiger charge is -2.12. The first-order valence-electron chi connectivity index (χ1n) is 4.68. The van der Waals surface area contributed by atoms with Gasteiger partial charge in [-0.05, 0) is 17.7 Å². The van der Waals surface area contributed by atoms with E-state index in [0.29, 0.717) is 6.07 Å². The van der Waals surface area contributed by atoms with Crippen molar-refractivity contribution in [3.63, 3.8) is 0 Å². The highest BCUT2D eigenvalue weighted by molar-refractivity contribution is 5.70. The van der Waals surface area contributed by atoms with Crippen LogP contribution in [0.5, 0.6) is 0 Å². The third-order valence-electron chi connectivity index (χ3n) is 2.37. The zero-order valence-corrected chi connectivity index (χ0v) is 8.34. The Labute approximate surface area is 93.4 Å². The van der Waals surface area contributed by atoms with Crippen molar-refractivity contribution < 1.29 is 27.1 Å². The van der Waals surface area contributed by atoms with Gasteiger partial charge < -0.3 is 10.1 Å². The Balaban J connectivity index is 2.34. The summed E-state index contributed by atoms with van der Waals surface area (Å²) in [5.74, 6) is -1.34. The van der Waals surface area contributed by atoms with E-state index in [0.717, 1.165) is 6.07 Å². The maximum Gasteiger partial charge on any atom is 0.419 e. The number of rotatable bonds is 1. The number of carbonyl (C=O) groups is 1. The van der Waals surface area contributed by atoms with E-state index in [1.165, 1.54) is 6.07 Å². The van der Waals surface area contributed by atoms with Gasteiger partial charge >= 0.3 is 12.3 Å². The van der Waals surface area contributed by atoms with Gasteiger partial charge in [-0.1, -0.05) is 6.07 Å². The first-order chi connectivity index (χ1) is 7.88. The van der Waals surface area contributed by atoms with Gasteiger partial charge in [0.25, 0.3) is 0 Å². The highest BCUT2D eigenvalue weighted by Gasteiger charge is 2.35. The second-order valence-corrected chi connectivity index (χ2v) is 3.53. The molecule has 0 bridgehead atoms. The van der Waals surface area contributed by atoms with Gasteiger partial charge in [-0.15, -0.1) is 0 Å². The van der Waals surface area contributed by atoms with E-state index >= 15 is 0 Å². The Hall–Kier alpha value is -1.79. The topological polar surface area (TPSA) is 38.3 Å². The first kappa shape index (κ1) is 11.7. The molecule has 1 fully saturated rings. The molecule has 0 aromatic heterocycles. The van der Waals surface area contributed by atoms with E-state index in [1.54, 1.807) is 0 Å². The average Bonchev–Trinajstić information content (AvgIpc) is 2.64. The minimum atomic E-state index is -4.76. The number of cyclic esters (lactones) is 1. The third kappa shape index (κ3) is 2.32. The van der Waals surface area contributed by atoms with Crippen LogP contribution in [0.25, 0.3) is 0 Å². The van der Waals surface area contributed by atoms with Crippen LogP contribution in [0, 0.1) is 5.82 Å². The first-order valence-corrected chi connectivity index (χ1v) is 4.68. The molecule has 2 rings (SSSR count). The summed E-state index contributed by atoms with van der Waals surface area (Å²) < 4.78 is 54.8. The van der Waals surface area contributed by atoms with Crippen LogP contribution in [0.15, 0.2) is 18.2 Å². The summed E-state index contributed by atoms with van der Waals surface area (Å²) in [5, 5.41) is 2.32. The lowest BCUT2D eigenvalue weighted by molar-refractivity contribution is -0.140. The normalized spacial score (nSPS) is 20.0. The number of alkyl halides is 3. The molecule has 1 aliphatic rings. The van der Waals surface area contributed by atoms with Crippen molar-refractivity contribution in [2.75, 3.05) is 6.61 Å². The van der Waals surface area contributed by atoms with Crippen LogP contribution in [0.2, 0.25) is 0 Å². The fourth-order valence-electron chi connectivity index (χ4n) is 1.54. The zero-order chi connectivity index (χ0) is 12.6. The smallest absolute Gasteiger partial charge is 0.419 e. The molecule has 1 atom stereocenters. The van der Waals surface area contributed by atoms with Crippen molar-refractivity contribution in [2.24, 2.45) is 0 Å². The second kappa shape index (κ2) is 3.90. The van der Waals surface area contributed by atoms with E-state index in [4.69, 9.17) is 0 Å². The molecule has 3 nitrogen and oxygen atoms in total. The van der Waals surface area contributed by atoms with E-state index in [-0.39, 0.29) is 12.2 Å². The van der Waals surface area contributed by atoms with Gasteiger partial charge in [0, 0.05) is 0 Å². The van der Waals surface area contributed by atoms with Crippen LogP contribution in [-0.2, 0) is 10.9 Å². The SMILES string of the molecule is O=C1N[C@H](c2ccc(F)c(C(F)(F)F)c2)CO1. The van der Waals surface area contributed by atoms with Crippen LogP contribution in [0.1, 0.15) is 17.2 Å². The van der Waals surface area contributed by atoms with E-state index < -0.39 is 29.7 Å². The molecule has 1 aromatic carbocycles. The maximum atomic E-state index is 13.0. The summed E-state index contributed by atoms with van der Waals surface area (Å²) in [6.07, 6.45) is -5.46. The minimum Gasteiger partial charge on any atom is -0.447 e. The standard InChI is InChI=1S/C10H7F4NO2/c11-7-2-1-5(3-6(7)10(12,13)14)8-4-17-9(16)15-8/h1-3,8H,4H2,(H,15,16)/t8-/m0/s1. The number of nitrogens with one attached hydrogen (secondary N) is 1. The lowest BCUT2D eigenvalue weighted by Crippen LogP contribution is -2.19. The molecule has 92 valence electrons. The second-order valence-electron chi connectivity index (χ2n) is 3.53. The number of benzene rings is 1. The molecule has 1 amide bonds. The van der Waals surface area contributed by atoms with Gasteiger partial charge in [0.2, 0.25) is 0 Å². The van der Waals surface area contributed by atoms with Crippen LogP contribution < -0.4 is 5.32 Å². The predicted octanol–water partition coefficient (Wildman–Crippen LogP) is 2.63. The van der Waals surface area contributed by atoms with Gasteiger partial charge in [0.15, 0.2) is 0 Å². The Morgan fingerprint density at radius 2 is 2.06 bits per heavy atom. The van der Waals surface area contributed by atoms with Gasteiger partial charge in [-0.2, -0.15) is 13.2 Å². The number of halogens is 4. The molecule has 0 radical (unpaired) electrons. The van der Waals surface area contributed by atoms with Gasteiger partial charge in [-0.3, -0.25) is 0 Å². The fourth-order valence-corrected chi connectivity index (χ4v) is 1.54. The zero-order valence-electron chi connectivity index (χ0n) is 8.34. The highest BCUT2D eigenvalue weighted by atomic mass is 19.4. The van der Waals surface area contributed by atoms with Crippen molar-refractivity contribution in [3.05, 3.63) is 35.1 Å². The number of hydrogen-bond donors (Lipinski definition) is 1. The summed E-state index contributed by atoms with van der Waals surface area (Å²) in [6.45, 7) is -0.0677. The summed E-state index contributed by atoms with van der Waals surface area (Å²) in [4.78, 5) is 10.7. The van der Waals surface area contributed by atoms with Gasteiger partial charge in [0.05, 0.1) is 11.6 Å². The van der Waals surface area contributed by atoms with Gasteiger partial charge in [-0.25, -0.2) is 9.18 Å². The van der Waals surface area contributed by atoms with Crippen LogP contribution >= 0.6 is 0 Å². The molecule has 1 saturated heterocycles. The minimum absolute atomic E-state index is 0.0677. The monoisotopic (exact) mass is 249 g/mol.